The maximum Gasteiger partial charge on any atom is 0.407 e. The Bertz CT molecular complexity index is 479. The average molecular weight is 352 g/mol. The lowest BCUT2D eigenvalue weighted by Crippen LogP contribution is -2.51. The Balaban J connectivity index is 4.31. The van der Waals surface area contributed by atoms with Crippen LogP contribution in [0, 0.1) is 5.92 Å². The van der Waals surface area contributed by atoms with Gasteiger partial charge in [-0.25, -0.2) is 9.52 Å². The summed E-state index contributed by atoms with van der Waals surface area (Å²) < 4.78 is 32.5. The molecule has 9 nitrogen and oxygen atoms in total. The van der Waals surface area contributed by atoms with Crippen molar-refractivity contribution in [2.75, 3.05) is 19.7 Å². The molecule has 0 saturated heterocycles. The van der Waals surface area contributed by atoms with Gasteiger partial charge in [-0.05, 0) is 26.7 Å². The van der Waals surface area contributed by atoms with Gasteiger partial charge >= 0.3 is 6.09 Å². The van der Waals surface area contributed by atoms with Crippen molar-refractivity contribution >= 4 is 22.2 Å². The lowest BCUT2D eigenvalue weighted by Gasteiger charge is -2.21. The largest absolute Gasteiger partial charge is 0.450 e. The second-order valence-corrected chi connectivity index (χ2v) is 7.08. The molecule has 0 aliphatic rings. The normalized spacial score (nSPS) is 13.0. The van der Waals surface area contributed by atoms with Gasteiger partial charge in [0.05, 0.1) is 6.61 Å². The predicted octanol–water partition coefficient (Wildman–Crippen LogP) is -0.294. The van der Waals surface area contributed by atoms with Crippen LogP contribution in [0.4, 0.5) is 4.79 Å². The molecule has 0 rings (SSSR count). The lowest BCUT2D eigenvalue weighted by atomic mass is 10.0. The highest BCUT2D eigenvalue weighted by Crippen LogP contribution is 2.02. The molecular weight excluding hydrogens is 324 g/mol. The van der Waals surface area contributed by atoms with Crippen molar-refractivity contribution in [1.82, 2.24) is 20.1 Å². The smallest absolute Gasteiger partial charge is 0.407 e. The fraction of sp³-hybridized carbons (Fsp3) is 0.846. The molecule has 0 aliphatic heterocycles. The first-order valence-corrected chi connectivity index (χ1v) is 9.05. The topological polar surface area (TPSA) is 126 Å². The first-order chi connectivity index (χ1) is 10.6. The highest BCUT2D eigenvalue weighted by molar-refractivity contribution is 7.87. The van der Waals surface area contributed by atoms with E-state index in [0.29, 0.717) is 0 Å². The van der Waals surface area contributed by atoms with Crippen LogP contribution >= 0.6 is 0 Å². The van der Waals surface area contributed by atoms with Crippen molar-refractivity contribution < 1.29 is 22.7 Å². The van der Waals surface area contributed by atoms with Gasteiger partial charge in [-0.1, -0.05) is 13.8 Å². The zero-order valence-electron chi connectivity index (χ0n) is 14.3. The van der Waals surface area contributed by atoms with E-state index in [1.165, 1.54) is 0 Å². The summed E-state index contributed by atoms with van der Waals surface area (Å²) >= 11 is 0. The van der Waals surface area contributed by atoms with Gasteiger partial charge in [-0.15, -0.1) is 0 Å². The van der Waals surface area contributed by atoms with Crippen molar-refractivity contribution in [3.63, 3.8) is 0 Å². The highest BCUT2D eigenvalue weighted by Gasteiger charge is 2.24. The van der Waals surface area contributed by atoms with Crippen LogP contribution in [0.5, 0.6) is 0 Å². The van der Waals surface area contributed by atoms with E-state index in [1.54, 1.807) is 34.6 Å². The van der Waals surface area contributed by atoms with Crippen molar-refractivity contribution in [2.45, 2.75) is 46.7 Å². The molecule has 0 unspecified atom stereocenters. The fourth-order valence-electron chi connectivity index (χ4n) is 1.67. The minimum Gasteiger partial charge on any atom is -0.450 e. The number of alkyl carbamates (subject to hydrolysis) is 1. The summed E-state index contributed by atoms with van der Waals surface area (Å²) in [4.78, 5) is 23.5. The maximum atomic E-state index is 12.1. The summed E-state index contributed by atoms with van der Waals surface area (Å²) in [5, 5.41) is 5.05. The van der Waals surface area contributed by atoms with Crippen molar-refractivity contribution in [3.05, 3.63) is 0 Å². The Labute approximate surface area is 138 Å². The van der Waals surface area contributed by atoms with Crippen LogP contribution in [0.2, 0.25) is 0 Å². The maximum absolute atomic E-state index is 12.1. The van der Waals surface area contributed by atoms with Crippen LogP contribution in [0.3, 0.4) is 0 Å². The number of hydrogen-bond acceptors (Lipinski definition) is 5. The molecule has 4 N–H and O–H groups in total. The molecule has 0 aliphatic carbocycles. The third-order valence-electron chi connectivity index (χ3n) is 2.61. The zero-order chi connectivity index (χ0) is 18.0. The number of nitrogens with one attached hydrogen (secondary N) is 4. The van der Waals surface area contributed by atoms with E-state index in [-0.39, 0.29) is 31.7 Å². The second-order valence-electron chi connectivity index (χ2n) is 5.55. The number of carbonyl (C=O) groups excluding carboxylic acids is 2. The molecule has 0 spiro atoms. The van der Waals surface area contributed by atoms with Crippen LogP contribution in [0.1, 0.15) is 34.6 Å². The molecule has 0 radical (unpaired) electrons. The molecule has 136 valence electrons. The third-order valence-corrected chi connectivity index (χ3v) is 3.97. The SMILES string of the molecule is CCOC(=O)N[C@@H](C(=O)NCCNS(=O)(=O)NC(C)C)C(C)C. The number of hydrogen-bond donors (Lipinski definition) is 4. The monoisotopic (exact) mass is 352 g/mol. The Hall–Kier alpha value is -1.39. The third kappa shape index (κ3) is 10.1. The van der Waals surface area contributed by atoms with Gasteiger partial charge in [0, 0.05) is 19.1 Å². The molecule has 0 fully saturated rings. The lowest BCUT2D eigenvalue weighted by molar-refractivity contribution is -0.124. The minimum atomic E-state index is -3.58. The first-order valence-electron chi connectivity index (χ1n) is 7.57. The van der Waals surface area contributed by atoms with Crippen molar-refractivity contribution in [3.8, 4) is 0 Å². The van der Waals surface area contributed by atoms with E-state index in [0.717, 1.165) is 0 Å². The van der Waals surface area contributed by atoms with Gasteiger partial charge in [-0.2, -0.15) is 13.1 Å². The van der Waals surface area contributed by atoms with E-state index in [1.807, 2.05) is 0 Å². The zero-order valence-corrected chi connectivity index (χ0v) is 15.1. The molecular formula is C13H28N4O5S. The van der Waals surface area contributed by atoms with Crippen LogP contribution in [0.15, 0.2) is 0 Å². The molecule has 0 aromatic heterocycles. The van der Waals surface area contributed by atoms with Crippen LogP contribution in [-0.4, -0.2) is 52.2 Å². The number of rotatable bonds is 10. The van der Waals surface area contributed by atoms with Gasteiger partial charge in [0.15, 0.2) is 0 Å². The summed E-state index contributed by atoms with van der Waals surface area (Å²) in [5.41, 5.74) is 0. The van der Waals surface area contributed by atoms with Crippen LogP contribution in [-0.2, 0) is 19.7 Å². The molecule has 1 atom stereocenters. The van der Waals surface area contributed by atoms with E-state index in [4.69, 9.17) is 4.74 Å². The van der Waals surface area contributed by atoms with E-state index in [2.05, 4.69) is 20.1 Å². The van der Waals surface area contributed by atoms with Gasteiger partial charge in [0.25, 0.3) is 10.2 Å². The number of ether oxygens (including phenoxy) is 1. The summed E-state index contributed by atoms with van der Waals surface area (Å²) in [6, 6.07) is -0.972. The highest BCUT2D eigenvalue weighted by atomic mass is 32.2. The molecule has 0 heterocycles. The Morgan fingerprint density at radius 1 is 1.09 bits per heavy atom. The molecule has 0 bridgehead atoms. The second kappa shape index (κ2) is 10.4. The predicted molar refractivity (Wildman–Crippen MR) is 87.0 cm³/mol. The van der Waals surface area contributed by atoms with Crippen molar-refractivity contribution in [2.24, 2.45) is 5.92 Å². The molecule has 0 saturated carbocycles. The Morgan fingerprint density at radius 3 is 2.17 bits per heavy atom. The van der Waals surface area contributed by atoms with Gasteiger partial charge in [-0.3, -0.25) is 4.79 Å². The van der Waals surface area contributed by atoms with E-state index >= 15 is 0 Å². The summed E-state index contributed by atoms with van der Waals surface area (Å²) in [7, 11) is -3.58. The molecule has 10 heteroatoms. The quantitative estimate of drug-likeness (QED) is 0.402. The molecule has 2 amide bonds. The number of amides is 2. The Kier molecular flexibility index (Phi) is 9.77. The first kappa shape index (κ1) is 21.6. The molecule has 23 heavy (non-hydrogen) atoms. The van der Waals surface area contributed by atoms with Gasteiger partial charge < -0.3 is 15.4 Å². The standard InChI is InChI=1S/C13H28N4O5S/c1-6-22-13(19)16-11(9(2)3)12(18)14-7-8-15-23(20,21)17-10(4)5/h9-11,15,17H,6-8H2,1-5H3,(H,14,18)(H,16,19)/t11-/m1/s1. The summed E-state index contributed by atoms with van der Waals surface area (Å²) in [6.07, 6.45) is -0.664. The Morgan fingerprint density at radius 2 is 1.70 bits per heavy atom. The van der Waals surface area contributed by atoms with Crippen LogP contribution in [0.25, 0.3) is 0 Å². The molecule has 0 aromatic carbocycles. The number of carbonyl (C=O) groups is 2. The van der Waals surface area contributed by atoms with Gasteiger partial charge in [0.2, 0.25) is 5.91 Å². The fourth-order valence-corrected chi connectivity index (χ4v) is 2.74. The average Bonchev–Trinajstić information content (AvgIpc) is 2.39. The van der Waals surface area contributed by atoms with Crippen LogP contribution < -0.4 is 20.1 Å². The minimum absolute atomic E-state index is 0.0397. The van der Waals surface area contributed by atoms with Crippen molar-refractivity contribution in [1.29, 1.82) is 0 Å². The molecule has 0 aromatic rings. The van der Waals surface area contributed by atoms with E-state index in [9.17, 15) is 18.0 Å². The van der Waals surface area contributed by atoms with Gasteiger partial charge in [0.1, 0.15) is 6.04 Å². The summed E-state index contributed by atoms with van der Waals surface area (Å²) in [5.74, 6) is -0.539. The summed E-state index contributed by atoms with van der Waals surface area (Å²) in [6.45, 7) is 9.00. The van der Waals surface area contributed by atoms with E-state index < -0.39 is 28.3 Å².